The van der Waals surface area contributed by atoms with Crippen molar-refractivity contribution >= 4 is 5.95 Å². The summed E-state index contributed by atoms with van der Waals surface area (Å²) >= 11 is 0. The van der Waals surface area contributed by atoms with Gasteiger partial charge < -0.3 is 11.1 Å². The number of anilines is 1. The van der Waals surface area contributed by atoms with Gasteiger partial charge in [0, 0.05) is 24.5 Å². The lowest BCUT2D eigenvalue weighted by Gasteiger charge is -2.25. The van der Waals surface area contributed by atoms with E-state index >= 15 is 0 Å². The van der Waals surface area contributed by atoms with Gasteiger partial charge in [0.25, 0.3) is 0 Å². The molecular weight excluding hydrogens is 212 g/mol. The summed E-state index contributed by atoms with van der Waals surface area (Å²) in [6.45, 7) is 4.86. The quantitative estimate of drug-likeness (QED) is 0.820. The van der Waals surface area contributed by atoms with Crippen LogP contribution in [0.25, 0.3) is 0 Å². The molecule has 1 aromatic rings. The Balaban J connectivity index is 1.81. The highest BCUT2D eigenvalue weighted by Crippen LogP contribution is 2.35. The van der Waals surface area contributed by atoms with E-state index in [0.717, 1.165) is 13.0 Å². The summed E-state index contributed by atoms with van der Waals surface area (Å²) < 4.78 is 0. The first-order chi connectivity index (χ1) is 8.04. The van der Waals surface area contributed by atoms with Gasteiger partial charge in [0.1, 0.15) is 0 Å². The van der Waals surface area contributed by atoms with Crippen molar-refractivity contribution in [3.8, 4) is 0 Å². The Morgan fingerprint density at radius 2 is 2.00 bits per heavy atom. The van der Waals surface area contributed by atoms with E-state index in [0.29, 0.717) is 11.9 Å². The maximum Gasteiger partial charge on any atom is 0.222 e. The van der Waals surface area contributed by atoms with Gasteiger partial charge in [-0.3, -0.25) is 0 Å². The van der Waals surface area contributed by atoms with E-state index in [4.69, 9.17) is 5.73 Å². The van der Waals surface area contributed by atoms with Gasteiger partial charge in [0.2, 0.25) is 5.95 Å². The van der Waals surface area contributed by atoms with Gasteiger partial charge in [0.15, 0.2) is 0 Å². The van der Waals surface area contributed by atoms with Crippen molar-refractivity contribution in [2.45, 2.75) is 51.0 Å². The Morgan fingerprint density at radius 3 is 2.47 bits per heavy atom. The SMILES string of the molecule is CC(C)(N)CCNc1ncc(C2CCC2)cn1. The molecule has 0 aromatic carbocycles. The third-order valence-corrected chi connectivity index (χ3v) is 3.30. The molecule has 1 aromatic heterocycles. The van der Waals surface area contributed by atoms with Crippen molar-refractivity contribution in [2.75, 3.05) is 11.9 Å². The average molecular weight is 234 g/mol. The smallest absolute Gasteiger partial charge is 0.222 e. The van der Waals surface area contributed by atoms with E-state index < -0.39 is 0 Å². The molecule has 0 amide bonds. The van der Waals surface area contributed by atoms with E-state index in [1.54, 1.807) is 0 Å². The van der Waals surface area contributed by atoms with E-state index in [1.807, 2.05) is 26.2 Å². The van der Waals surface area contributed by atoms with Crippen LogP contribution in [0.3, 0.4) is 0 Å². The maximum absolute atomic E-state index is 5.91. The molecule has 1 fully saturated rings. The third-order valence-electron chi connectivity index (χ3n) is 3.30. The van der Waals surface area contributed by atoms with Crippen molar-refractivity contribution in [3.05, 3.63) is 18.0 Å². The van der Waals surface area contributed by atoms with Gasteiger partial charge in [-0.15, -0.1) is 0 Å². The average Bonchev–Trinajstić information content (AvgIpc) is 2.16. The molecule has 4 heteroatoms. The number of nitrogens with zero attached hydrogens (tertiary/aromatic N) is 2. The van der Waals surface area contributed by atoms with Crippen LogP contribution < -0.4 is 11.1 Å². The van der Waals surface area contributed by atoms with Gasteiger partial charge in [-0.05, 0) is 44.6 Å². The normalized spacial score (nSPS) is 16.6. The summed E-state index contributed by atoms with van der Waals surface area (Å²) in [7, 11) is 0. The van der Waals surface area contributed by atoms with Gasteiger partial charge in [-0.1, -0.05) is 6.42 Å². The molecule has 3 N–H and O–H groups in total. The number of nitrogens with one attached hydrogen (secondary N) is 1. The Morgan fingerprint density at radius 1 is 1.35 bits per heavy atom. The molecular formula is C13H22N4. The highest BCUT2D eigenvalue weighted by molar-refractivity contribution is 5.26. The summed E-state index contributed by atoms with van der Waals surface area (Å²) in [6.07, 6.45) is 8.73. The Bertz CT molecular complexity index is 349. The summed E-state index contributed by atoms with van der Waals surface area (Å²) in [5.74, 6) is 1.41. The first-order valence-corrected chi connectivity index (χ1v) is 6.39. The fourth-order valence-electron chi connectivity index (χ4n) is 1.88. The van der Waals surface area contributed by atoms with Crippen LogP contribution in [0.15, 0.2) is 12.4 Å². The Hall–Kier alpha value is -1.16. The number of hydrogen-bond acceptors (Lipinski definition) is 4. The van der Waals surface area contributed by atoms with Crippen molar-refractivity contribution in [1.82, 2.24) is 9.97 Å². The first kappa shape index (κ1) is 12.3. The van der Waals surface area contributed by atoms with E-state index in [1.165, 1.54) is 24.8 Å². The monoisotopic (exact) mass is 234 g/mol. The number of nitrogens with two attached hydrogens (primary N) is 1. The number of rotatable bonds is 5. The zero-order chi connectivity index (χ0) is 12.3. The van der Waals surface area contributed by atoms with Crippen LogP contribution >= 0.6 is 0 Å². The molecule has 0 radical (unpaired) electrons. The minimum atomic E-state index is -0.140. The molecule has 1 aliphatic carbocycles. The zero-order valence-electron chi connectivity index (χ0n) is 10.7. The molecule has 0 spiro atoms. The standard InChI is InChI=1S/C13H22N4/c1-13(2,14)6-7-15-12-16-8-11(9-17-12)10-4-3-5-10/h8-10H,3-7,14H2,1-2H3,(H,15,16,17). The summed E-state index contributed by atoms with van der Waals surface area (Å²) in [6, 6.07) is 0. The van der Waals surface area contributed by atoms with Crippen molar-refractivity contribution in [1.29, 1.82) is 0 Å². The van der Waals surface area contributed by atoms with E-state index in [2.05, 4.69) is 15.3 Å². The summed E-state index contributed by atoms with van der Waals surface area (Å²) in [5, 5.41) is 3.20. The van der Waals surface area contributed by atoms with Gasteiger partial charge >= 0.3 is 0 Å². The van der Waals surface area contributed by atoms with E-state index in [9.17, 15) is 0 Å². The van der Waals surface area contributed by atoms with Crippen molar-refractivity contribution < 1.29 is 0 Å². The topological polar surface area (TPSA) is 63.8 Å². The zero-order valence-corrected chi connectivity index (χ0v) is 10.7. The fourth-order valence-corrected chi connectivity index (χ4v) is 1.88. The highest BCUT2D eigenvalue weighted by Gasteiger charge is 2.19. The molecule has 0 aliphatic heterocycles. The van der Waals surface area contributed by atoms with Gasteiger partial charge in [-0.2, -0.15) is 0 Å². The summed E-state index contributed by atoms with van der Waals surface area (Å²) in [5.41, 5.74) is 7.05. The molecule has 17 heavy (non-hydrogen) atoms. The lowest BCUT2D eigenvalue weighted by atomic mass is 9.81. The van der Waals surface area contributed by atoms with Crippen LogP contribution in [-0.2, 0) is 0 Å². The predicted octanol–water partition coefficient (Wildman–Crippen LogP) is 2.28. The molecule has 94 valence electrons. The van der Waals surface area contributed by atoms with E-state index in [-0.39, 0.29) is 5.54 Å². The van der Waals surface area contributed by atoms with Crippen LogP contribution in [0, 0.1) is 0 Å². The van der Waals surface area contributed by atoms with Gasteiger partial charge in [-0.25, -0.2) is 9.97 Å². The highest BCUT2D eigenvalue weighted by atomic mass is 15.1. The van der Waals surface area contributed by atoms with Crippen molar-refractivity contribution in [2.24, 2.45) is 5.73 Å². The molecule has 0 atom stereocenters. The molecule has 1 saturated carbocycles. The number of hydrogen-bond donors (Lipinski definition) is 2. The largest absolute Gasteiger partial charge is 0.354 e. The molecule has 1 heterocycles. The van der Waals surface area contributed by atoms with Crippen LogP contribution in [0.4, 0.5) is 5.95 Å². The van der Waals surface area contributed by atoms with Crippen molar-refractivity contribution in [3.63, 3.8) is 0 Å². The molecule has 4 nitrogen and oxygen atoms in total. The van der Waals surface area contributed by atoms with Crippen LogP contribution in [-0.4, -0.2) is 22.1 Å². The lowest BCUT2D eigenvalue weighted by Crippen LogP contribution is -2.34. The predicted molar refractivity (Wildman–Crippen MR) is 70.0 cm³/mol. The number of aromatic nitrogens is 2. The molecule has 0 saturated heterocycles. The second kappa shape index (κ2) is 5.00. The maximum atomic E-state index is 5.91. The molecule has 2 rings (SSSR count). The van der Waals surface area contributed by atoms with Crippen LogP contribution in [0.5, 0.6) is 0 Å². The lowest BCUT2D eigenvalue weighted by molar-refractivity contribution is 0.418. The molecule has 0 unspecified atom stereocenters. The fraction of sp³-hybridized carbons (Fsp3) is 0.692. The minimum Gasteiger partial charge on any atom is -0.354 e. The third kappa shape index (κ3) is 3.66. The van der Waals surface area contributed by atoms with Gasteiger partial charge in [0.05, 0.1) is 0 Å². The summed E-state index contributed by atoms with van der Waals surface area (Å²) in [4.78, 5) is 8.68. The Kier molecular flexibility index (Phi) is 3.62. The second-order valence-electron chi connectivity index (χ2n) is 5.63. The minimum absolute atomic E-state index is 0.140. The second-order valence-corrected chi connectivity index (χ2v) is 5.63. The Labute approximate surface area is 103 Å². The first-order valence-electron chi connectivity index (χ1n) is 6.39. The van der Waals surface area contributed by atoms with Crippen LogP contribution in [0.1, 0.15) is 51.0 Å². The van der Waals surface area contributed by atoms with Crippen LogP contribution in [0.2, 0.25) is 0 Å². The molecule has 1 aliphatic rings. The molecule has 0 bridgehead atoms.